The Kier molecular flexibility index (Phi) is 6.01. The van der Waals surface area contributed by atoms with Gasteiger partial charge in [0.05, 0.1) is 25.3 Å². The molecule has 1 aromatic rings. The predicted octanol–water partition coefficient (Wildman–Crippen LogP) is 4.94. The van der Waals surface area contributed by atoms with E-state index in [2.05, 4.69) is 11.3 Å². The van der Waals surface area contributed by atoms with Gasteiger partial charge in [-0.1, -0.05) is 36.4 Å². The SMILES string of the molecule is C=C/C=C\C(=C(/C)Cl)C1CC(F)(F)CN1c1ccc(C(=O)OC)cc1. The van der Waals surface area contributed by atoms with Crippen LogP contribution in [0.1, 0.15) is 23.7 Å². The molecule has 1 aromatic carbocycles. The number of anilines is 1. The zero-order valence-electron chi connectivity index (χ0n) is 14.1. The largest absolute Gasteiger partial charge is 0.465 e. The summed E-state index contributed by atoms with van der Waals surface area (Å²) in [5.41, 5.74) is 1.58. The van der Waals surface area contributed by atoms with Crippen molar-refractivity contribution in [3.8, 4) is 0 Å². The van der Waals surface area contributed by atoms with Gasteiger partial charge in [-0.2, -0.15) is 0 Å². The van der Waals surface area contributed by atoms with Gasteiger partial charge in [-0.15, -0.1) is 0 Å². The molecule has 2 rings (SSSR count). The molecule has 1 atom stereocenters. The monoisotopic (exact) mass is 367 g/mol. The van der Waals surface area contributed by atoms with Crippen LogP contribution in [-0.2, 0) is 4.74 Å². The molecule has 3 nitrogen and oxygen atoms in total. The summed E-state index contributed by atoms with van der Waals surface area (Å²) in [4.78, 5) is 13.1. The molecule has 6 heteroatoms. The van der Waals surface area contributed by atoms with Crippen molar-refractivity contribution < 1.29 is 18.3 Å². The number of hydrogen-bond donors (Lipinski definition) is 0. The van der Waals surface area contributed by atoms with E-state index < -0.39 is 24.5 Å². The van der Waals surface area contributed by atoms with Crippen molar-refractivity contribution in [3.05, 3.63) is 65.2 Å². The molecule has 0 spiro atoms. The number of allylic oxidation sites excluding steroid dienone is 3. The highest BCUT2D eigenvalue weighted by Gasteiger charge is 2.46. The van der Waals surface area contributed by atoms with Crippen LogP contribution >= 0.6 is 11.6 Å². The fraction of sp³-hybridized carbons (Fsp3) is 0.316. The second-order valence-electron chi connectivity index (χ2n) is 5.83. The molecule has 1 saturated heterocycles. The number of nitrogens with zero attached hydrogens (tertiary/aromatic N) is 1. The van der Waals surface area contributed by atoms with Crippen LogP contribution in [0.15, 0.2) is 59.7 Å². The number of rotatable bonds is 5. The van der Waals surface area contributed by atoms with Crippen molar-refractivity contribution in [1.29, 1.82) is 0 Å². The lowest BCUT2D eigenvalue weighted by molar-refractivity contribution is 0.0235. The van der Waals surface area contributed by atoms with Gasteiger partial charge in [0, 0.05) is 17.1 Å². The maximum Gasteiger partial charge on any atom is 0.337 e. The molecule has 0 amide bonds. The minimum absolute atomic E-state index is 0.327. The van der Waals surface area contributed by atoms with Gasteiger partial charge in [0.1, 0.15) is 0 Å². The Bertz CT molecular complexity index is 707. The van der Waals surface area contributed by atoms with Crippen LogP contribution in [0.25, 0.3) is 0 Å². The van der Waals surface area contributed by atoms with Crippen molar-refractivity contribution in [3.63, 3.8) is 0 Å². The molecule has 0 aliphatic carbocycles. The summed E-state index contributed by atoms with van der Waals surface area (Å²) in [7, 11) is 1.29. The highest BCUT2D eigenvalue weighted by atomic mass is 35.5. The Hall–Kier alpha value is -2.14. The Labute approximate surface area is 151 Å². The smallest absolute Gasteiger partial charge is 0.337 e. The van der Waals surface area contributed by atoms with Crippen LogP contribution in [0.2, 0.25) is 0 Å². The summed E-state index contributed by atoms with van der Waals surface area (Å²) in [5, 5.41) is 0.456. The van der Waals surface area contributed by atoms with Gasteiger partial charge < -0.3 is 9.64 Å². The zero-order chi connectivity index (χ0) is 18.6. The van der Waals surface area contributed by atoms with E-state index in [1.54, 1.807) is 54.3 Å². The Balaban J connectivity index is 2.39. The van der Waals surface area contributed by atoms with Gasteiger partial charge in [0.25, 0.3) is 5.92 Å². The van der Waals surface area contributed by atoms with E-state index in [1.807, 2.05) is 0 Å². The molecule has 0 saturated carbocycles. The third kappa shape index (κ3) is 4.48. The maximum absolute atomic E-state index is 14.1. The van der Waals surface area contributed by atoms with Crippen LogP contribution in [-0.4, -0.2) is 31.6 Å². The van der Waals surface area contributed by atoms with Crippen LogP contribution in [0.5, 0.6) is 0 Å². The third-order valence-electron chi connectivity index (χ3n) is 4.06. The van der Waals surface area contributed by atoms with E-state index in [1.165, 1.54) is 7.11 Å². The molecule has 25 heavy (non-hydrogen) atoms. The van der Waals surface area contributed by atoms with E-state index in [9.17, 15) is 13.6 Å². The number of carbonyl (C=O) groups excluding carboxylic acids is 1. The number of hydrogen-bond acceptors (Lipinski definition) is 3. The second kappa shape index (κ2) is 7.83. The summed E-state index contributed by atoms with van der Waals surface area (Å²) in [6, 6.07) is 5.84. The number of halogens is 3. The molecular formula is C19H20ClF2NO2. The third-order valence-corrected chi connectivity index (χ3v) is 4.28. The van der Waals surface area contributed by atoms with E-state index in [4.69, 9.17) is 11.6 Å². The molecular weight excluding hydrogens is 348 g/mol. The fourth-order valence-electron chi connectivity index (χ4n) is 2.90. The molecule has 0 N–H and O–H groups in total. The highest BCUT2D eigenvalue weighted by Crippen LogP contribution is 2.40. The minimum atomic E-state index is -2.83. The topological polar surface area (TPSA) is 29.5 Å². The van der Waals surface area contributed by atoms with Crippen molar-refractivity contribution in [2.24, 2.45) is 0 Å². The molecule has 1 heterocycles. The molecule has 1 aliphatic rings. The lowest BCUT2D eigenvalue weighted by Gasteiger charge is -2.27. The van der Waals surface area contributed by atoms with Gasteiger partial charge in [-0.05, 0) is 36.8 Å². The lowest BCUT2D eigenvalue weighted by atomic mass is 10.0. The first-order chi connectivity index (χ1) is 11.8. The summed E-state index contributed by atoms with van der Waals surface area (Å²) in [6.07, 6.45) is 4.63. The van der Waals surface area contributed by atoms with Crippen LogP contribution < -0.4 is 4.90 Å². The molecule has 0 aromatic heterocycles. The standard InChI is InChI=1S/C19H20ClF2NO2/c1-4-5-6-16(13(2)20)17-11-19(21,22)12-23(17)15-9-7-14(8-10-15)18(24)25-3/h4-10,17H,1,11-12H2,2-3H3/b6-5-,16-13-. The van der Waals surface area contributed by atoms with Crippen molar-refractivity contribution in [1.82, 2.24) is 0 Å². The zero-order valence-corrected chi connectivity index (χ0v) is 14.9. The maximum atomic E-state index is 14.1. The average molecular weight is 368 g/mol. The molecule has 134 valence electrons. The molecule has 1 fully saturated rings. The highest BCUT2D eigenvalue weighted by molar-refractivity contribution is 6.29. The first-order valence-electron chi connectivity index (χ1n) is 7.77. The van der Waals surface area contributed by atoms with E-state index in [0.717, 1.165) is 0 Å². The molecule has 1 aliphatic heterocycles. The summed E-state index contributed by atoms with van der Waals surface area (Å²) >= 11 is 6.15. The van der Waals surface area contributed by atoms with Crippen molar-refractivity contribution in [2.75, 3.05) is 18.6 Å². The Morgan fingerprint density at radius 2 is 2.04 bits per heavy atom. The second-order valence-corrected chi connectivity index (χ2v) is 6.39. The van der Waals surface area contributed by atoms with E-state index in [-0.39, 0.29) is 6.42 Å². The minimum Gasteiger partial charge on any atom is -0.465 e. The van der Waals surface area contributed by atoms with Crippen LogP contribution in [0.3, 0.4) is 0 Å². The van der Waals surface area contributed by atoms with E-state index in [0.29, 0.717) is 21.9 Å². The average Bonchev–Trinajstić information content (AvgIpc) is 2.90. The van der Waals surface area contributed by atoms with Crippen molar-refractivity contribution in [2.45, 2.75) is 25.3 Å². The van der Waals surface area contributed by atoms with Gasteiger partial charge in [-0.25, -0.2) is 13.6 Å². The Morgan fingerprint density at radius 3 is 2.56 bits per heavy atom. The summed E-state index contributed by atoms with van der Waals surface area (Å²) in [5.74, 6) is -3.30. The van der Waals surface area contributed by atoms with Gasteiger partial charge in [0.2, 0.25) is 0 Å². The number of methoxy groups -OCH3 is 1. The summed E-state index contributed by atoms with van der Waals surface area (Å²) < 4.78 is 32.9. The quantitative estimate of drug-likeness (QED) is 0.545. The molecule has 1 unspecified atom stereocenters. The lowest BCUT2D eigenvalue weighted by Crippen LogP contribution is -2.31. The first-order valence-corrected chi connectivity index (χ1v) is 8.15. The van der Waals surface area contributed by atoms with Crippen LogP contribution in [0.4, 0.5) is 14.5 Å². The number of alkyl halides is 2. The van der Waals surface area contributed by atoms with Gasteiger partial charge in [-0.3, -0.25) is 0 Å². The van der Waals surface area contributed by atoms with Gasteiger partial charge in [0.15, 0.2) is 0 Å². The van der Waals surface area contributed by atoms with Gasteiger partial charge >= 0.3 is 5.97 Å². The van der Waals surface area contributed by atoms with Crippen LogP contribution in [0, 0.1) is 0 Å². The normalized spacial score (nSPS) is 20.5. The fourth-order valence-corrected chi connectivity index (χ4v) is 3.09. The number of carbonyl (C=O) groups is 1. The first kappa shape index (κ1) is 19.2. The number of esters is 1. The molecule has 0 bridgehead atoms. The number of benzene rings is 1. The predicted molar refractivity (Wildman–Crippen MR) is 96.4 cm³/mol. The van der Waals surface area contributed by atoms with Crippen molar-refractivity contribution >= 4 is 23.3 Å². The van der Waals surface area contributed by atoms with E-state index >= 15 is 0 Å². The molecule has 0 radical (unpaired) electrons. The number of ether oxygens (including phenoxy) is 1. The summed E-state index contributed by atoms with van der Waals surface area (Å²) in [6.45, 7) is 4.87. The Morgan fingerprint density at radius 1 is 1.40 bits per heavy atom.